The van der Waals surface area contributed by atoms with Crippen molar-refractivity contribution < 1.29 is 4.79 Å². The van der Waals surface area contributed by atoms with Crippen molar-refractivity contribution in [3.8, 4) is 5.69 Å². The number of para-hydroxylation sites is 2. The van der Waals surface area contributed by atoms with Gasteiger partial charge in [-0.25, -0.2) is 4.98 Å². The minimum absolute atomic E-state index is 0.0878. The molecule has 0 spiro atoms. The van der Waals surface area contributed by atoms with Gasteiger partial charge in [0.25, 0.3) is 0 Å². The maximum atomic E-state index is 11.6. The predicted molar refractivity (Wildman–Crippen MR) is 101 cm³/mol. The van der Waals surface area contributed by atoms with Gasteiger partial charge in [0.2, 0.25) is 5.91 Å². The van der Waals surface area contributed by atoms with Crippen LogP contribution in [0.5, 0.6) is 0 Å². The Kier molecular flexibility index (Phi) is 5.46. The van der Waals surface area contributed by atoms with Crippen molar-refractivity contribution in [3.05, 3.63) is 60.4 Å². The molecule has 0 aliphatic rings. The molecule has 1 aromatic heterocycles. The third-order valence-electron chi connectivity index (χ3n) is 3.98. The normalized spacial score (nSPS) is 11.2. The third-order valence-corrected chi connectivity index (χ3v) is 3.98. The number of carbonyl (C=O) groups is 1. The summed E-state index contributed by atoms with van der Waals surface area (Å²) in [6.07, 6.45) is 2.35. The van der Waals surface area contributed by atoms with Crippen molar-refractivity contribution in [2.24, 2.45) is 0 Å². The molecule has 2 N–H and O–H groups in total. The van der Waals surface area contributed by atoms with E-state index >= 15 is 0 Å². The Morgan fingerprint density at radius 1 is 1.12 bits per heavy atom. The van der Waals surface area contributed by atoms with Crippen LogP contribution < -0.4 is 10.6 Å². The molecule has 0 radical (unpaired) electrons. The first-order chi connectivity index (χ1) is 12.1. The molecular weight excluding hydrogens is 312 g/mol. The van der Waals surface area contributed by atoms with Crippen molar-refractivity contribution in [2.45, 2.75) is 32.9 Å². The highest BCUT2D eigenvalue weighted by Gasteiger charge is 2.04. The number of aromatic nitrogens is 2. The van der Waals surface area contributed by atoms with E-state index in [1.165, 1.54) is 5.56 Å². The lowest BCUT2D eigenvalue weighted by atomic mass is 10.2. The van der Waals surface area contributed by atoms with Gasteiger partial charge in [-0.05, 0) is 43.7 Å². The highest BCUT2D eigenvalue weighted by Crippen LogP contribution is 2.18. The minimum atomic E-state index is 0.0878. The maximum absolute atomic E-state index is 11.6. The molecule has 0 fully saturated rings. The molecule has 0 saturated carbocycles. The van der Waals surface area contributed by atoms with Crippen LogP contribution in [0.2, 0.25) is 0 Å². The minimum Gasteiger partial charge on any atom is -0.354 e. The van der Waals surface area contributed by atoms with Crippen molar-refractivity contribution in [2.75, 3.05) is 6.54 Å². The second-order valence-electron chi connectivity index (χ2n) is 6.42. The number of nitrogens with zero attached hydrogens (tertiary/aromatic N) is 2. The smallest absolute Gasteiger partial charge is 0.221 e. The van der Waals surface area contributed by atoms with Gasteiger partial charge in [-0.1, -0.05) is 24.3 Å². The molecule has 2 aromatic carbocycles. The molecule has 3 rings (SSSR count). The van der Waals surface area contributed by atoms with Gasteiger partial charge in [0, 0.05) is 31.2 Å². The van der Waals surface area contributed by atoms with Crippen LogP contribution in [0.4, 0.5) is 0 Å². The van der Waals surface area contributed by atoms with Gasteiger partial charge < -0.3 is 10.6 Å². The summed E-state index contributed by atoms with van der Waals surface area (Å²) in [4.78, 5) is 16.0. The van der Waals surface area contributed by atoms with Crippen LogP contribution in [0.15, 0.2) is 54.9 Å². The number of fused-ring (bicyclic) bond motifs is 1. The van der Waals surface area contributed by atoms with Gasteiger partial charge >= 0.3 is 0 Å². The number of hydrogen-bond donors (Lipinski definition) is 2. The molecule has 0 saturated heterocycles. The van der Waals surface area contributed by atoms with Crippen LogP contribution in [0, 0.1) is 0 Å². The van der Waals surface area contributed by atoms with E-state index in [-0.39, 0.29) is 11.9 Å². The first kappa shape index (κ1) is 17.2. The zero-order chi connectivity index (χ0) is 17.6. The lowest BCUT2D eigenvalue weighted by molar-refractivity contribution is -0.121. The molecule has 130 valence electrons. The van der Waals surface area contributed by atoms with Gasteiger partial charge in [0.1, 0.15) is 6.33 Å². The Morgan fingerprint density at radius 3 is 2.64 bits per heavy atom. The number of rotatable bonds is 7. The van der Waals surface area contributed by atoms with Gasteiger partial charge in [-0.15, -0.1) is 0 Å². The van der Waals surface area contributed by atoms with Crippen LogP contribution in [-0.2, 0) is 11.3 Å². The van der Waals surface area contributed by atoms with Crippen LogP contribution in [0.1, 0.15) is 25.8 Å². The fourth-order valence-electron chi connectivity index (χ4n) is 2.77. The SMILES string of the molecule is CC(C)NC(=O)CCNCc1ccc(-n2cnc3ccccc32)cc1. The van der Waals surface area contributed by atoms with Gasteiger partial charge in [-0.2, -0.15) is 0 Å². The zero-order valence-corrected chi connectivity index (χ0v) is 14.7. The summed E-state index contributed by atoms with van der Waals surface area (Å²) in [7, 11) is 0. The standard InChI is InChI=1S/C20H24N4O/c1-15(2)23-20(25)11-12-21-13-16-7-9-17(10-8-16)24-14-22-18-5-3-4-6-19(18)24/h3-10,14-15,21H,11-13H2,1-2H3,(H,23,25). The zero-order valence-electron chi connectivity index (χ0n) is 14.7. The number of amides is 1. The molecule has 0 aliphatic heterocycles. The topological polar surface area (TPSA) is 59.0 Å². The lowest BCUT2D eigenvalue weighted by Gasteiger charge is -2.09. The first-order valence-electron chi connectivity index (χ1n) is 8.65. The molecule has 1 amide bonds. The average Bonchev–Trinajstić information content (AvgIpc) is 3.03. The highest BCUT2D eigenvalue weighted by molar-refractivity contribution is 5.77. The van der Waals surface area contributed by atoms with Crippen molar-refractivity contribution >= 4 is 16.9 Å². The van der Waals surface area contributed by atoms with Crippen molar-refractivity contribution in [1.29, 1.82) is 0 Å². The van der Waals surface area contributed by atoms with Gasteiger partial charge in [-0.3, -0.25) is 9.36 Å². The number of imidazole rings is 1. The largest absolute Gasteiger partial charge is 0.354 e. The van der Waals surface area contributed by atoms with Crippen LogP contribution >= 0.6 is 0 Å². The van der Waals surface area contributed by atoms with E-state index in [9.17, 15) is 4.79 Å². The highest BCUT2D eigenvalue weighted by atomic mass is 16.1. The predicted octanol–water partition coefficient (Wildman–Crippen LogP) is 3.03. The summed E-state index contributed by atoms with van der Waals surface area (Å²) >= 11 is 0. The Morgan fingerprint density at radius 2 is 1.88 bits per heavy atom. The molecule has 3 aromatic rings. The van der Waals surface area contributed by atoms with E-state index in [0.717, 1.165) is 23.3 Å². The van der Waals surface area contributed by atoms with E-state index in [1.54, 1.807) is 0 Å². The van der Waals surface area contributed by atoms with E-state index in [4.69, 9.17) is 0 Å². The Labute approximate surface area is 148 Å². The van der Waals surface area contributed by atoms with Crippen molar-refractivity contribution in [1.82, 2.24) is 20.2 Å². The first-order valence-corrected chi connectivity index (χ1v) is 8.65. The summed E-state index contributed by atoms with van der Waals surface area (Å²) in [5, 5.41) is 6.20. The molecule has 5 heteroatoms. The molecule has 0 aliphatic carbocycles. The van der Waals surface area contributed by atoms with Crippen LogP contribution in [0.3, 0.4) is 0 Å². The maximum Gasteiger partial charge on any atom is 0.221 e. The third kappa shape index (κ3) is 4.45. The van der Waals surface area contributed by atoms with E-state index < -0.39 is 0 Å². The van der Waals surface area contributed by atoms with E-state index in [2.05, 4.69) is 50.5 Å². The lowest BCUT2D eigenvalue weighted by Crippen LogP contribution is -2.32. The quantitative estimate of drug-likeness (QED) is 0.652. The summed E-state index contributed by atoms with van der Waals surface area (Å²) in [6, 6.07) is 16.7. The molecule has 25 heavy (non-hydrogen) atoms. The summed E-state index contributed by atoms with van der Waals surface area (Å²) in [5.74, 6) is 0.0878. The van der Waals surface area contributed by atoms with E-state index in [0.29, 0.717) is 13.0 Å². The number of carbonyl (C=O) groups excluding carboxylic acids is 1. The van der Waals surface area contributed by atoms with Crippen molar-refractivity contribution in [3.63, 3.8) is 0 Å². The summed E-state index contributed by atoms with van der Waals surface area (Å²) in [6.45, 7) is 5.36. The number of nitrogens with one attached hydrogen (secondary N) is 2. The Balaban J connectivity index is 1.55. The fraction of sp³-hybridized carbons (Fsp3) is 0.300. The summed E-state index contributed by atoms with van der Waals surface area (Å²) < 4.78 is 2.09. The second kappa shape index (κ2) is 7.94. The molecule has 0 unspecified atom stereocenters. The monoisotopic (exact) mass is 336 g/mol. The Bertz CT molecular complexity index is 836. The fourth-order valence-corrected chi connectivity index (χ4v) is 2.77. The Hall–Kier alpha value is -2.66. The van der Waals surface area contributed by atoms with Gasteiger partial charge in [0.05, 0.1) is 11.0 Å². The van der Waals surface area contributed by atoms with E-state index in [1.807, 2.05) is 38.4 Å². The molecule has 1 heterocycles. The summed E-state index contributed by atoms with van der Waals surface area (Å²) in [5.41, 5.74) is 4.38. The van der Waals surface area contributed by atoms with Crippen LogP contribution in [-0.4, -0.2) is 28.0 Å². The molecule has 5 nitrogen and oxygen atoms in total. The molecular formula is C20H24N4O. The average molecular weight is 336 g/mol. The van der Waals surface area contributed by atoms with Gasteiger partial charge in [0.15, 0.2) is 0 Å². The second-order valence-corrected chi connectivity index (χ2v) is 6.42. The van der Waals surface area contributed by atoms with Crippen LogP contribution in [0.25, 0.3) is 16.7 Å². The number of benzene rings is 2. The number of hydrogen-bond acceptors (Lipinski definition) is 3. The molecule has 0 bridgehead atoms. The molecule has 0 atom stereocenters.